The van der Waals surface area contributed by atoms with Crippen molar-refractivity contribution in [2.75, 3.05) is 0 Å². The van der Waals surface area contributed by atoms with Gasteiger partial charge in [-0.2, -0.15) is 0 Å². The standard InChI is InChI=1S/C19H18ClF/c1-14(2)19-17(20)12-16(13-18(19)21)15-10-8-6-4-3-5-7-9-11-15/h3-14H,1-2H3. The molecule has 2 rings (SSSR count). The van der Waals surface area contributed by atoms with Gasteiger partial charge in [0.2, 0.25) is 0 Å². The van der Waals surface area contributed by atoms with Crippen molar-refractivity contribution in [1.29, 1.82) is 0 Å². The summed E-state index contributed by atoms with van der Waals surface area (Å²) in [5.41, 5.74) is 2.27. The maximum Gasteiger partial charge on any atom is 0.128 e. The molecule has 21 heavy (non-hydrogen) atoms. The van der Waals surface area contributed by atoms with Crippen molar-refractivity contribution in [3.05, 3.63) is 83.1 Å². The Hall–Kier alpha value is -1.86. The average molecular weight is 301 g/mol. The summed E-state index contributed by atoms with van der Waals surface area (Å²) in [6.07, 6.45) is 0. The summed E-state index contributed by atoms with van der Waals surface area (Å²) in [6.45, 7) is 3.87. The zero-order chi connectivity index (χ0) is 15.2. The molecule has 0 unspecified atom stereocenters. The van der Waals surface area contributed by atoms with Gasteiger partial charge in [0.05, 0.1) is 0 Å². The second-order valence-electron chi connectivity index (χ2n) is 5.14. The minimum atomic E-state index is -0.252. The van der Waals surface area contributed by atoms with E-state index < -0.39 is 0 Å². The highest BCUT2D eigenvalue weighted by molar-refractivity contribution is 6.31. The number of halogens is 2. The lowest BCUT2D eigenvalue weighted by Gasteiger charge is -2.11. The second kappa shape index (κ2) is 7.24. The van der Waals surface area contributed by atoms with Crippen LogP contribution in [0.15, 0.2) is 66.7 Å². The van der Waals surface area contributed by atoms with Crippen LogP contribution in [0.5, 0.6) is 0 Å². The van der Waals surface area contributed by atoms with Crippen molar-refractivity contribution in [3.63, 3.8) is 0 Å². The topological polar surface area (TPSA) is 0 Å². The fraction of sp³-hybridized carbons (Fsp3) is 0.158. The van der Waals surface area contributed by atoms with E-state index in [-0.39, 0.29) is 11.7 Å². The van der Waals surface area contributed by atoms with E-state index in [0.717, 1.165) is 11.1 Å². The molecule has 0 aliphatic carbocycles. The Balaban J connectivity index is 2.58. The lowest BCUT2D eigenvalue weighted by atomic mass is 9.98. The monoisotopic (exact) mass is 300 g/mol. The van der Waals surface area contributed by atoms with E-state index in [0.29, 0.717) is 10.6 Å². The molecule has 0 aromatic heterocycles. The molecule has 0 heterocycles. The van der Waals surface area contributed by atoms with Crippen LogP contribution >= 0.6 is 11.6 Å². The number of hydrogen-bond acceptors (Lipinski definition) is 0. The van der Waals surface area contributed by atoms with Crippen LogP contribution in [-0.2, 0) is 0 Å². The van der Waals surface area contributed by atoms with Crippen molar-refractivity contribution in [2.24, 2.45) is 0 Å². The summed E-state index contributed by atoms with van der Waals surface area (Å²) < 4.78 is 14.3. The Morgan fingerprint density at radius 3 is 1.81 bits per heavy atom. The first-order valence-corrected chi connectivity index (χ1v) is 7.35. The van der Waals surface area contributed by atoms with Crippen LogP contribution in [0.1, 0.15) is 25.3 Å². The molecular weight excluding hydrogens is 283 g/mol. The van der Waals surface area contributed by atoms with Gasteiger partial charge in [0, 0.05) is 10.6 Å². The lowest BCUT2D eigenvalue weighted by Crippen LogP contribution is -1.95. The molecular formula is C19H18ClF. The first-order valence-electron chi connectivity index (χ1n) is 6.97. The molecule has 0 fully saturated rings. The van der Waals surface area contributed by atoms with E-state index in [1.165, 1.54) is 0 Å². The van der Waals surface area contributed by atoms with E-state index in [1.54, 1.807) is 6.07 Å². The van der Waals surface area contributed by atoms with Crippen LogP contribution in [0, 0.1) is 5.82 Å². The summed E-state index contributed by atoms with van der Waals surface area (Å²) in [7, 11) is 0. The van der Waals surface area contributed by atoms with Crippen molar-refractivity contribution >= 4 is 11.6 Å². The van der Waals surface area contributed by atoms with Gasteiger partial charge in [0.1, 0.15) is 5.82 Å². The molecule has 0 spiro atoms. The Morgan fingerprint density at radius 1 is 0.810 bits per heavy atom. The predicted octanol–water partition coefficient (Wildman–Crippen LogP) is 6.39. The minimum absolute atomic E-state index is 0.0630. The zero-order valence-corrected chi connectivity index (χ0v) is 12.9. The molecule has 0 saturated heterocycles. The van der Waals surface area contributed by atoms with Crippen molar-refractivity contribution < 1.29 is 4.39 Å². The van der Waals surface area contributed by atoms with Crippen molar-refractivity contribution in [2.45, 2.75) is 19.8 Å². The highest BCUT2D eigenvalue weighted by Gasteiger charge is 2.13. The van der Waals surface area contributed by atoms with E-state index in [9.17, 15) is 4.39 Å². The van der Waals surface area contributed by atoms with Gasteiger partial charge in [-0.25, -0.2) is 4.39 Å². The van der Waals surface area contributed by atoms with E-state index >= 15 is 0 Å². The maximum atomic E-state index is 14.3. The third-order valence-electron chi connectivity index (χ3n) is 3.21. The van der Waals surface area contributed by atoms with Crippen LogP contribution < -0.4 is 0 Å². The van der Waals surface area contributed by atoms with Crippen LogP contribution in [-0.4, -0.2) is 0 Å². The molecule has 0 atom stereocenters. The van der Waals surface area contributed by atoms with Crippen molar-refractivity contribution in [3.8, 4) is 11.1 Å². The molecule has 2 aromatic rings. The summed E-state index contributed by atoms with van der Waals surface area (Å²) in [4.78, 5) is 0. The van der Waals surface area contributed by atoms with E-state index in [1.807, 2.05) is 74.5 Å². The van der Waals surface area contributed by atoms with Gasteiger partial charge in [-0.1, -0.05) is 80.0 Å². The molecule has 0 bridgehead atoms. The Kier molecular flexibility index (Phi) is 5.35. The van der Waals surface area contributed by atoms with Gasteiger partial charge in [-0.15, -0.1) is 0 Å². The number of benzene rings is 1. The smallest absolute Gasteiger partial charge is 0.128 e. The molecule has 0 amide bonds. The Morgan fingerprint density at radius 2 is 1.33 bits per heavy atom. The highest BCUT2D eigenvalue weighted by atomic mass is 35.5. The molecule has 0 aliphatic heterocycles. The third kappa shape index (κ3) is 4.05. The SMILES string of the molecule is CC(C)c1c(F)cc(-c2ccccccccc2)cc1Cl. The Labute approximate surface area is 130 Å². The molecule has 0 N–H and O–H groups in total. The van der Waals surface area contributed by atoms with Crippen LogP contribution in [0.25, 0.3) is 11.1 Å². The summed E-state index contributed by atoms with van der Waals surface area (Å²) in [5, 5.41) is 0.478. The largest absolute Gasteiger partial charge is 0.207 e. The number of rotatable bonds is 2. The Bertz CT molecular complexity index is 628. The molecule has 2 heteroatoms. The summed E-state index contributed by atoms with van der Waals surface area (Å²) in [6, 6.07) is 20.8. The van der Waals surface area contributed by atoms with Gasteiger partial charge in [-0.05, 0) is 29.2 Å². The molecule has 108 valence electrons. The first-order chi connectivity index (χ1) is 10.1. The van der Waals surface area contributed by atoms with E-state index in [2.05, 4.69) is 0 Å². The van der Waals surface area contributed by atoms with Gasteiger partial charge < -0.3 is 0 Å². The predicted molar refractivity (Wildman–Crippen MR) is 88.6 cm³/mol. The van der Waals surface area contributed by atoms with Gasteiger partial charge in [-0.3, -0.25) is 0 Å². The summed E-state index contributed by atoms with van der Waals surface area (Å²) >= 11 is 6.25. The second-order valence-corrected chi connectivity index (χ2v) is 5.55. The first kappa shape index (κ1) is 15.5. The molecule has 0 saturated carbocycles. The van der Waals surface area contributed by atoms with Gasteiger partial charge in [0.15, 0.2) is 0 Å². The lowest BCUT2D eigenvalue weighted by molar-refractivity contribution is 0.599. The highest BCUT2D eigenvalue weighted by Crippen LogP contribution is 2.32. The van der Waals surface area contributed by atoms with Crippen LogP contribution in [0.2, 0.25) is 5.02 Å². The normalized spacial score (nSPS) is 10.3. The molecule has 0 radical (unpaired) electrons. The molecule has 2 aromatic carbocycles. The third-order valence-corrected chi connectivity index (χ3v) is 3.52. The minimum Gasteiger partial charge on any atom is -0.207 e. The van der Waals surface area contributed by atoms with Crippen molar-refractivity contribution in [1.82, 2.24) is 0 Å². The average Bonchev–Trinajstić information content (AvgIpc) is 2.43. The fourth-order valence-electron chi connectivity index (χ4n) is 2.19. The van der Waals surface area contributed by atoms with Crippen LogP contribution in [0.3, 0.4) is 0 Å². The van der Waals surface area contributed by atoms with Gasteiger partial charge in [0.25, 0.3) is 0 Å². The quantitative estimate of drug-likeness (QED) is 0.602. The maximum absolute atomic E-state index is 14.3. The van der Waals surface area contributed by atoms with Crippen LogP contribution in [0.4, 0.5) is 4.39 Å². The van der Waals surface area contributed by atoms with E-state index in [4.69, 9.17) is 11.6 Å². The van der Waals surface area contributed by atoms with Gasteiger partial charge >= 0.3 is 0 Å². The number of hydrogen-bond donors (Lipinski definition) is 0. The zero-order valence-electron chi connectivity index (χ0n) is 12.2. The molecule has 0 aliphatic rings. The molecule has 0 nitrogen and oxygen atoms in total. The summed E-state index contributed by atoms with van der Waals surface area (Å²) in [5.74, 6) is -0.189. The fourth-order valence-corrected chi connectivity index (χ4v) is 2.62.